The summed E-state index contributed by atoms with van der Waals surface area (Å²) < 4.78 is 11.1. The van der Waals surface area contributed by atoms with Gasteiger partial charge in [-0.25, -0.2) is 0 Å². The highest BCUT2D eigenvalue weighted by Gasteiger charge is 2.29. The predicted octanol–water partition coefficient (Wildman–Crippen LogP) is 2.02. The van der Waals surface area contributed by atoms with Crippen LogP contribution in [0.3, 0.4) is 0 Å². The van der Waals surface area contributed by atoms with E-state index in [4.69, 9.17) is 20.9 Å². The third kappa shape index (κ3) is 11.5. The zero-order valence-corrected chi connectivity index (χ0v) is 33.0. The molecule has 2 fully saturated rings. The van der Waals surface area contributed by atoms with E-state index in [9.17, 15) is 28.8 Å². The van der Waals surface area contributed by atoms with Gasteiger partial charge in [-0.1, -0.05) is 12.1 Å². The standard InChI is InChI=1S/C42H54N8O8/c1-57-35-24-36(58-2)34(42(56)50-32-15-11-30(12-16-32)48-40(54)28-8-4-6-26(22-28)38(52)46-20-18-44)23-33(35)41(55)49-31-13-9-29(10-14-31)47-39(53)27-7-3-5-25(21-27)37(51)45-19-17-43/h3-8,21-24,29-32H,9-20,43-44H2,1-2H3,(H,45,51)(H,46,52)(H,47,53)(H,48,54)(H,49,55)(H,50,56). The smallest absolute Gasteiger partial charge is 0.255 e. The van der Waals surface area contributed by atoms with E-state index < -0.39 is 11.8 Å². The molecule has 0 bridgehead atoms. The van der Waals surface area contributed by atoms with Crippen LogP contribution < -0.4 is 52.8 Å². The van der Waals surface area contributed by atoms with Gasteiger partial charge in [-0.3, -0.25) is 28.8 Å². The summed E-state index contributed by atoms with van der Waals surface area (Å²) in [4.78, 5) is 78.0. The fourth-order valence-corrected chi connectivity index (χ4v) is 7.26. The van der Waals surface area contributed by atoms with Crippen LogP contribution in [0.25, 0.3) is 0 Å². The van der Waals surface area contributed by atoms with Gasteiger partial charge in [0.05, 0.1) is 25.3 Å². The number of nitrogens with one attached hydrogen (secondary N) is 6. The van der Waals surface area contributed by atoms with Crippen molar-refractivity contribution in [2.75, 3.05) is 40.4 Å². The summed E-state index contributed by atoms with van der Waals surface area (Å²) in [6.07, 6.45) is 5.00. The van der Waals surface area contributed by atoms with Gasteiger partial charge in [0.25, 0.3) is 35.4 Å². The number of nitrogens with two attached hydrogens (primary N) is 2. The van der Waals surface area contributed by atoms with Crippen molar-refractivity contribution in [1.29, 1.82) is 0 Å². The molecule has 10 N–H and O–H groups in total. The fourth-order valence-electron chi connectivity index (χ4n) is 7.26. The van der Waals surface area contributed by atoms with Crippen LogP contribution in [0.2, 0.25) is 0 Å². The molecule has 16 nitrogen and oxygen atoms in total. The SMILES string of the molecule is COc1cc(OC)c(C(=O)NC2CCC(NC(=O)c3cccc(C(=O)NCCN)c3)CC2)cc1C(=O)NC1CCC(NC(=O)c2cccc(C(=O)NCCN)c2)CC1. The first-order valence-electron chi connectivity index (χ1n) is 19.7. The highest BCUT2D eigenvalue weighted by molar-refractivity contribution is 6.04. The first kappa shape index (κ1) is 43.1. The van der Waals surface area contributed by atoms with Crippen LogP contribution in [0.15, 0.2) is 60.7 Å². The molecule has 0 unspecified atom stereocenters. The Morgan fingerprint density at radius 2 is 0.793 bits per heavy atom. The molecule has 2 saturated carbocycles. The minimum atomic E-state index is -0.399. The van der Waals surface area contributed by atoms with E-state index in [1.165, 1.54) is 26.4 Å². The maximum absolute atomic E-state index is 13.6. The molecule has 0 radical (unpaired) electrons. The van der Waals surface area contributed by atoms with Crippen LogP contribution in [-0.2, 0) is 0 Å². The van der Waals surface area contributed by atoms with Gasteiger partial charge in [0.15, 0.2) is 0 Å². The number of methoxy groups -OCH3 is 2. The first-order valence-corrected chi connectivity index (χ1v) is 19.7. The highest BCUT2D eigenvalue weighted by atomic mass is 16.5. The summed E-state index contributed by atoms with van der Waals surface area (Å²) in [6.45, 7) is 1.30. The quantitative estimate of drug-likeness (QED) is 0.105. The highest BCUT2D eigenvalue weighted by Crippen LogP contribution is 2.31. The summed E-state index contributed by atoms with van der Waals surface area (Å²) in [5.74, 6) is -1.45. The summed E-state index contributed by atoms with van der Waals surface area (Å²) in [6, 6.07) is 15.5. The summed E-state index contributed by atoms with van der Waals surface area (Å²) in [7, 11) is 2.88. The van der Waals surface area contributed by atoms with Gasteiger partial charge in [0, 0.05) is 78.7 Å². The summed E-state index contributed by atoms with van der Waals surface area (Å²) in [5.41, 5.74) is 12.8. The van der Waals surface area contributed by atoms with Crippen LogP contribution in [0.1, 0.15) is 114 Å². The number of carbonyl (C=O) groups is 6. The molecule has 3 aromatic rings. The lowest BCUT2D eigenvalue weighted by molar-refractivity contribution is 0.0885. The third-order valence-electron chi connectivity index (χ3n) is 10.4. The molecule has 3 aromatic carbocycles. The van der Waals surface area contributed by atoms with E-state index in [2.05, 4.69) is 31.9 Å². The molecule has 58 heavy (non-hydrogen) atoms. The Morgan fingerprint density at radius 1 is 0.483 bits per heavy atom. The molecule has 2 aliphatic carbocycles. The van der Waals surface area contributed by atoms with Crippen molar-refractivity contribution >= 4 is 35.4 Å². The van der Waals surface area contributed by atoms with Crippen molar-refractivity contribution < 1.29 is 38.2 Å². The van der Waals surface area contributed by atoms with E-state index in [-0.39, 0.29) is 70.4 Å². The van der Waals surface area contributed by atoms with Gasteiger partial charge in [-0.15, -0.1) is 0 Å². The number of ether oxygens (including phenoxy) is 2. The van der Waals surface area contributed by atoms with Crippen molar-refractivity contribution in [3.05, 3.63) is 94.0 Å². The fraction of sp³-hybridized carbons (Fsp3) is 0.429. The second kappa shape index (κ2) is 21.0. The molecule has 16 heteroatoms. The Kier molecular flexibility index (Phi) is 15.6. The number of hydrogen-bond donors (Lipinski definition) is 8. The van der Waals surface area contributed by atoms with Gasteiger partial charge in [0.2, 0.25) is 0 Å². The molecular weight excluding hydrogens is 745 g/mol. The third-order valence-corrected chi connectivity index (χ3v) is 10.4. The van der Waals surface area contributed by atoms with Crippen LogP contribution in [0.5, 0.6) is 11.5 Å². The zero-order chi connectivity index (χ0) is 41.6. The first-order chi connectivity index (χ1) is 28.0. The van der Waals surface area contributed by atoms with Gasteiger partial charge in [0.1, 0.15) is 11.5 Å². The molecule has 0 saturated heterocycles. The van der Waals surface area contributed by atoms with Gasteiger partial charge >= 0.3 is 0 Å². The zero-order valence-electron chi connectivity index (χ0n) is 33.0. The normalized spacial score (nSPS) is 18.8. The minimum absolute atomic E-state index is 0.106. The van der Waals surface area contributed by atoms with Crippen molar-refractivity contribution in [2.45, 2.75) is 75.5 Å². The second-order valence-electron chi connectivity index (χ2n) is 14.5. The molecule has 0 spiro atoms. The lowest BCUT2D eigenvalue weighted by Crippen LogP contribution is -2.44. The monoisotopic (exact) mass is 798 g/mol. The van der Waals surface area contributed by atoms with Crippen LogP contribution in [0, 0.1) is 0 Å². The summed E-state index contributed by atoms with van der Waals surface area (Å²) in [5, 5.41) is 17.6. The minimum Gasteiger partial charge on any atom is -0.496 e. The Morgan fingerprint density at radius 3 is 1.10 bits per heavy atom. The van der Waals surface area contributed by atoms with Gasteiger partial charge < -0.3 is 52.8 Å². The van der Waals surface area contributed by atoms with Crippen molar-refractivity contribution in [3.63, 3.8) is 0 Å². The number of amides is 6. The molecule has 0 heterocycles. The number of benzene rings is 3. The largest absolute Gasteiger partial charge is 0.496 e. The lowest BCUT2D eigenvalue weighted by atomic mass is 9.90. The Hall–Kier alpha value is -6.00. The molecule has 6 amide bonds. The average Bonchev–Trinajstić information content (AvgIpc) is 3.25. The molecule has 0 aliphatic heterocycles. The molecule has 0 aromatic heterocycles. The number of rotatable bonds is 16. The van der Waals surface area contributed by atoms with E-state index in [0.717, 1.165) is 0 Å². The average molecular weight is 799 g/mol. The van der Waals surface area contributed by atoms with Gasteiger partial charge in [-0.05, 0) is 93.8 Å². The van der Waals surface area contributed by atoms with Crippen molar-refractivity contribution in [3.8, 4) is 11.5 Å². The van der Waals surface area contributed by atoms with Crippen molar-refractivity contribution in [2.24, 2.45) is 11.5 Å². The van der Waals surface area contributed by atoms with E-state index in [0.29, 0.717) is 99.8 Å². The Bertz CT molecular complexity index is 1820. The van der Waals surface area contributed by atoms with Gasteiger partial charge in [-0.2, -0.15) is 0 Å². The lowest BCUT2D eigenvalue weighted by Gasteiger charge is -2.30. The topological polar surface area (TPSA) is 245 Å². The van der Waals surface area contributed by atoms with Crippen LogP contribution >= 0.6 is 0 Å². The second-order valence-corrected chi connectivity index (χ2v) is 14.5. The van der Waals surface area contributed by atoms with Crippen LogP contribution in [0.4, 0.5) is 0 Å². The van der Waals surface area contributed by atoms with E-state index in [1.54, 1.807) is 48.5 Å². The Labute approximate surface area is 337 Å². The molecular formula is C42H54N8O8. The molecule has 2 aliphatic rings. The molecule has 5 rings (SSSR count). The number of carbonyl (C=O) groups excluding carboxylic acids is 6. The van der Waals surface area contributed by atoms with Crippen LogP contribution in [-0.4, -0.2) is 100 Å². The number of hydrogen-bond acceptors (Lipinski definition) is 10. The maximum Gasteiger partial charge on any atom is 0.255 e. The summed E-state index contributed by atoms with van der Waals surface area (Å²) >= 11 is 0. The van der Waals surface area contributed by atoms with E-state index >= 15 is 0 Å². The van der Waals surface area contributed by atoms with Crippen molar-refractivity contribution in [1.82, 2.24) is 31.9 Å². The maximum atomic E-state index is 13.6. The molecule has 0 atom stereocenters. The molecule has 310 valence electrons. The van der Waals surface area contributed by atoms with E-state index in [1.807, 2.05) is 0 Å². The Balaban J connectivity index is 1.12. The predicted molar refractivity (Wildman–Crippen MR) is 217 cm³/mol.